The van der Waals surface area contributed by atoms with Gasteiger partial charge in [0.1, 0.15) is 5.75 Å². The van der Waals surface area contributed by atoms with E-state index in [0.29, 0.717) is 16.7 Å². The molecule has 3 rings (SSSR count). The normalized spacial score (nSPS) is 11.8. The Morgan fingerprint density at radius 2 is 1.88 bits per heavy atom. The van der Waals surface area contributed by atoms with Crippen LogP contribution in [0.4, 0.5) is 5.13 Å². The number of rotatable bonds is 5. The second kappa shape index (κ2) is 7.44. The monoisotopic (exact) mass is 353 g/mol. The third kappa shape index (κ3) is 4.03. The quantitative estimate of drug-likeness (QED) is 0.745. The number of hydrogen-bond acceptors (Lipinski definition) is 5. The van der Waals surface area contributed by atoms with Crippen LogP contribution in [0.1, 0.15) is 18.1 Å². The summed E-state index contributed by atoms with van der Waals surface area (Å²) < 4.78 is 10.1. The minimum atomic E-state index is -0.635. The summed E-state index contributed by atoms with van der Waals surface area (Å²) >= 11 is 1.15. The Morgan fingerprint density at radius 3 is 2.64 bits per heavy atom. The van der Waals surface area contributed by atoms with E-state index in [1.807, 2.05) is 62.4 Å². The van der Waals surface area contributed by atoms with Gasteiger partial charge in [-0.15, -0.1) is 0 Å². The van der Waals surface area contributed by atoms with Gasteiger partial charge in [0.2, 0.25) is 5.13 Å². The number of aryl methyl sites for hydroxylation is 1. The van der Waals surface area contributed by atoms with Crippen molar-refractivity contribution >= 4 is 22.6 Å². The van der Waals surface area contributed by atoms with Crippen molar-refractivity contribution in [2.45, 2.75) is 26.9 Å². The van der Waals surface area contributed by atoms with Gasteiger partial charge >= 0.3 is 0 Å². The molecule has 0 aliphatic carbocycles. The van der Waals surface area contributed by atoms with Crippen molar-refractivity contribution in [3.05, 3.63) is 59.7 Å². The molecule has 0 aliphatic heterocycles. The highest BCUT2D eigenvalue weighted by Crippen LogP contribution is 2.23. The fourth-order valence-corrected chi connectivity index (χ4v) is 2.87. The van der Waals surface area contributed by atoms with E-state index in [9.17, 15) is 4.79 Å². The number of amides is 1. The minimum Gasteiger partial charge on any atom is -0.481 e. The van der Waals surface area contributed by atoms with Gasteiger partial charge in [-0.1, -0.05) is 42.5 Å². The lowest BCUT2D eigenvalue weighted by Crippen LogP contribution is -2.30. The fourth-order valence-electron chi connectivity index (χ4n) is 2.28. The lowest BCUT2D eigenvalue weighted by molar-refractivity contribution is -0.122. The molecule has 128 valence electrons. The number of carbonyl (C=O) groups excluding carboxylic acids is 1. The van der Waals surface area contributed by atoms with E-state index in [-0.39, 0.29) is 5.91 Å². The van der Waals surface area contributed by atoms with Crippen molar-refractivity contribution < 1.29 is 9.53 Å². The number of carbonyl (C=O) groups is 1. The van der Waals surface area contributed by atoms with Gasteiger partial charge in [-0.2, -0.15) is 9.36 Å². The first-order chi connectivity index (χ1) is 12.0. The van der Waals surface area contributed by atoms with Crippen LogP contribution in [0, 0.1) is 13.8 Å². The molecule has 0 aliphatic rings. The second-order valence-corrected chi connectivity index (χ2v) is 6.49. The molecular weight excluding hydrogens is 334 g/mol. The Kier molecular flexibility index (Phi) is 5.09. The molecule has 0 radical (unpaired) electrons. The van der Waals surface area contributed by atoms with Crippen LogP contribution < -0.4 is 10.1 Å². The Bertz CT molecular complexity index is 877. The summed E-state index contributed by atoms with van der Waals surface area (Å²) in [5.74, 6) is 1.06. The minimum absolute atomic E-state index is 0.253. The zero-order valence-electron chi connectivity index (χ0n) is 14.3. The summed E-state index contributed by atoms with van der Waals surface area (Å²) in [4.78, 5) is 16.7. The molecule has 1 atom stereocenters. The molecular formula is C19H19N3O2S. The maximum atomic E-state index is 12.4. The molecule has 0 spiro atoms. The summed E-state index contributed by atoms with van der Waals surface area (Å²) in [5.41, 5.74) is 3.07. The average Bonchev–Trinajstić information content (AvgIpc) is 3.08. The molecule has 2 aromatic carbocycles. The Labute approximate surface area is 150 Å². The van der Waals surface area contributed by atoms with Gasteiger partial charge in [0, 0.05) is 17.1 Å². The summed E-state index contributed by atoms with van der Waals surface area (Å²) in [5, 5.41) is 3.23. The number of nitrogens with zero attached hydrogens (tertiary/aromatic N) is 2. The number of ether oxygens (including phenoxy) is 1. The van der Waals surface area contributed by atoms with Crippen LogP contribution in [-0.2, 0) is 4.79 Å². The number of benzene rings is 2. The first-order valence-corrected chi connectivity index (χ1v) is 8.75. The molecule has 3 aromatic rings. The zero-order valence-corrected chi connectivity index (χ0v) is 15.1. The summed E-state index contributed by atoms with van der Waals surface area (Å²) in [7, 11) is 0. The van der Waals surface area contributed by atoms with E-state index in [4.69, 9.17) is 4.74 Å². The van der Waals surface area contributed by atoms with Gasteiger partial charge in [0.15, 0.2) is 11.9 Å². The van der Waals surface area contributed by atoms with Gasteiger partial charge in [-0.25, -0.2) is 0 Å². The van der Waals surface area contributed by atoms with Gasteiger partial charge in [-0.3, -0.25) is 10.1 Å². The number of aromatic nitrogens is 2. The zero-order chi connectivity index (χ0) is 17.8. The molecule has 6 heteroatoms. The highest BCUT2D eigenvalue weighted by Gasteiger charge is 2.18. The van der Waals surface area contributed by atoms with Crippen molar-refractivity contribution in [2.24, 2.45) is 0 Å². The second-order valence-electron chi connectivity index (χ2n) is 5.74. The number of anilines is 1. The lowest BCUT2D eigenvalue weighted by Gasteiger charge is -2.16. The first-order valence-electron chi connectivity index (χ1n) is 7.97. The van der Waals surface area contributed by atoms with Crippen molar-refractivity contribution in [2.75, 3.05) is 5.32 Å². The van der Waals surface area contributed by atoms with E-state index in [1.165, 1.54) is 0 Å². The molecule has 25 heavy (non-hydrogen) atoms. The molecule has 1 aromatic heterocycles. The Hall–Kier alpha value is -2.73. The van der Waals surface area contributed by atoms with E-state index in [2.05, 4.69) is 14.7 Å². The molecule has 1 heterocycles. The number of hydrogen-bond donors (Lipinski definition) is 1. The molecule has 0 bridgehead atoms. The van der Waals surface area contributed by atoms with Crippen molar-refractivity contribution in [1.82, 2.24) is 9.36 Å². The van der Waals surface area contributed by atoms with Crippen LogP contribution in [-0.4, -0.2) is 21.4 Å². The molecule has 1 N–H and O–H groups in total. The predicted octanol–water partition coefficient (Wildman–Crippen LogP) is 4.23. The summed E-state index contributed by atoms with van der Waals surface area (Å²) in [6, 6.07) is 15.4. The smallest absolute Gasteiger partial charge is 0.266 e. The van der Waals surface area contributed by atoms with Crippen molar-refractivity contribution in [3.63, 3.8) is 0 Å². The van der Waals surface area contributed by atoms with Gasteiger partial charge < -0.3 is 4.74 Å². The van der Waals surface area contributed by atoms with Crippen molar-refractivity contribution in [3.8, 4) is 17.1 Å². The third-order valence-corrected chi connectivity index (χ3v) is 4.55. The largest absolute Gasteiger partial charge is 0.481 e. The predicted molar refractivity (Wildman–Crippen MR) is 100.0 cm³/mol. The van der Waals surface area contributed by atoms with Crippen LogP contribution in [0.25, 0.3) is 11.4 Å². The fraction of sp³-hybridized carbons (Fsp3) is 0.211. The highest BCUT2D eigenvalue weighted by atomic mass is 32.1. The maximum Gasteiger partial charge on any atom is 0.266 e. The summed E-state index contributed by atoms with van der Waals surface area (Å²) in [6.45, 7) is 5.71. The summed E-state index contributed by atoms with van der Waals surface area (Å²) in [6.07, 6.45) is -0.635. The van der Waals surface area contributed by atoms with E-state index in [0.717, 1.165) is 28.2 Å². The molecule has 0 fully saturated rings. The molecule has 0 saturated carbocycles. The van der Waals surface area contributed by atoms with Crippen LogP contribution in [0.3, 0.4) is 0 Å². The lowest BCUT2D eigenvalue weighted by atomic mass is 10.1. The van der Waals surface area contributed by atoms with E-state index in [1.54, 1.807) is 6.92 Å². The van der Waals surface area contributed by atoms with E-state index < -0.39 is 6.10 Å². The molecule has 1 unspecified atom stereocenters. The standard InChI is InChI=1S/C19H19N3O2S/c1-12-8-7-11-16(13(12)2)24-14(3)18(23)21-19-20-17(22-25-19)15-9-5-4-6-10-15/h4-11,14H,1-3H3,(H,20,21,22,23). The SMILES string of the molecule is Cc1cccc(OC(C)C(=O)Nc2nc(-c3ccccc3)ns2)c1C. The topological polar surface area (TPSA) is 64.1 Å². The van der Waals surface area contributed by atoms with Gasteiger partial charge in [-0.05, 0) is 38.0 Å². The Morgan fingerprint density at radius 1 is 1.12 bits per heavy atom. The Balaban J connectivity index is 1.66. The van der Waals surface area contributed by atoms with Crippen molar-refractivity contribution in [1.29, 1.82) is 0 Å². The van der Waals surface area contributed by atoms with E-state index >= 15 is 0 Å². The number of nitrogens with one attached hydrogen (secondary N) is 1. The van der Waals surface area contributed by atoms with Crippen LogP contribution >= 0.6 is 11.5 Å². The van der Waals surface area contributed by atoms with Crippen LogP contribution in [0.2, 0.25) is 0 Å². The molecule has 0 saturated heterocycles. The maximum absolute atomic E-state index is 12.4. The highest BCUT2D eigenvalue weighted by molar-refractivity contribution is 7.10. The first kappa shape index (κ1) is 17.1. The average molecular weight is 353 g/mol. The van der Waals surface area contributed by atoms with Crippen LogP contribution in [0.5, 0.6) is 5.75 Å². The van der Waals surface area contributed by atoms with Gasteiger partial charge in [0.05, 0.1) is 0 Å². The molecule has 1 amide bonds. The molecule has 5 nitrogen and oxygen atoms in total. The third-order valence-electron chi connectivity index (χ3n) is 3.92. The van der Waals surface area contributed by atoms with Crippen LogP contribution in [0.15, 0.2) is 48.5 Å². The van der Waals surface area contributed by atoms with Gasteiger partial charge in [0.25, 0.3) is 5.91 Å².